The third-order valence-electron chi connectivity index (χ3n) is 2.85. The summed E-state index contributed by atoms with van der Waals surface area (Å²) in [5.74, 6) is -10.7. The van der Waals surface area contributed by atoms with Crippen LogP contribution in [0.15, 0.2) is 12.1 Å². The summed E-state index contributed by atoms with van der Waals surface area (Å²) in [6.07, 6.45) is -0.103. The average Bonchev–Trinajstić information content (AvgIpc) is 2.52. The molecule has 1 aromatic carbocycles. The summed E-state index contributed by atoms with van der Waals surface area (Å²) in [6.45, 7) is 0. The first-order valence-corrected chi connectivity index (χ1v) is 5.85. The topological polar surface area (TPSA) is 45.9 Å². The van der Waals surface area contributed by atoms with Crippen molar-refractivity contribution >= 4 is 0 Å². The molecule has 0 saturated carbocycles. The van der Waals surface area contributed by atoms with Crippen molar-refractivity contribution in [2.24, 2.45) is 0 Å². The van der Waals surface area contributed by atoms with Crippen molar-refractivity contribution in [3.63, 3.8) is 0 Å². The Bertz CT molecular complexity index is 757. The van der Waals surface area contributed by atoms with E-state index >= 15 is 0 Å². The van der Waals surface area contributed by atoms with Crippen LogP contribution < -0.4 is 4.74 Å². The second kappa shape index (κ2) is 5.97. The van der Waals surface area contributed by atoms with E-state index in [9.17, 15) is 22.0 Å². The molecule has 0 fully saturated rings. The molecule has 3 nitrogen and oxygen atoms in total. The molecule has 22 heavy (non-hydrogen) atoms. The molecule has 0 aliphatic carbocycles. The Kier molecular flexibility index (Phi) is 4.26. The summed E-state index contributed by atoms with van der Waals surface area (Å²) in [5.41, 5.74) is -1.31. The molecule has 1 aromatic heterocycles. The fraction of sp³-hybridized carbons (Fsp3) is 0.143. The van der Waals surface area contributed by atoms with Gasteiger partial charge in [-0.2, -0.15) is 5.26 Å². The first-order valence-electron chi connectivity index (χ1n) is 5.85. The van der Waals surface area contributed by atoms with E-state index in [0.29, 0.717) is 0 Å². The third-order valence-corrected chi connectivity index (χ3v) is 2.85. The molecule has 0 unspecified atom stereocenters. The van der Waals surface area contributed by atoms with Gasteiger partial charge in [-0.1, -0.05) is 0 Å². The lowest BCUT2D eigenvalue weighted by Gasteiger charge is -2.12. The van der Waals surface area contributed by atoms with E-state index in [1.54, 1.807) is 0 Å². The molecule has 2 rings (SSSR count). The van der Waals surface area contributed by atoms with E-state index in [0.717, 1.165) is 13.2 Å². The predicted molar refractivity (Wildman–Crippen MR) is 65.3 cm³/mol. The largest absolute Gasteiger partial charge is 0.481 e. The van der Waals surface area contributed by atoms with E-state index in [4.69, 9.17) is 10.00 Å². The lowest BCUT2D eigenvalue weighted by molar-refractivity contribution is 0.378. The van der Waals surface area contributed by atoms with Gasteiger partial charge in [0.25, 0.3) is 0 Å². The Hall–Kier alpha value is -2.69. The molecule has 2 aromatic rings. The van der Waals surface area contributed by atoms with Crippen molar-refractivity contribution in [2.45, 2.75) is 6.42 Å². The number of nitriles is 1. The Labute approximate surface area is 121 Å². The maximum atomic E-state index is 13.8. The number of ether oxygens (including phenoxy) is 1. The lowest BCUT2D eigenvalue weighted by Crippen LogP contribution is -2.06. The highest BCUT2D eigenvalue weighted by molar-refractivity contribution is 5.70. The molecule has 0 amide bonds. The van der Waals surface area contributed by atoms with Crippen molar-refractivity contribution in [1.82, 2.24) is 4.98 Å². The second-order valence-corrected chi connectivity index (χ2v) is 4.14. The minimum Gasteiger partial charge on any atom is -0.481 e. The molecular formula is C14H7F5N2O. The van der Waals surface area contributed by atoms with Crippen LogP contribution >= 0.6 is 0 Å². The van der Waals surface area contributed by atoms with Gasteiger partial charge >= 0.3 is 0 Å². The zero-order valence-corrected chi connectivity index (χ0v) is 11.1. The number of pyridine rings is 1. The van der Waals surface area contributed by atoms with Crippen LogP contribution in [0.3, 0.4) is 0 Å². The Morgan fingerprint density at radius 3 is 2.05 bits per heavy atom. The SMILES string of the molecule is COc1nc(CC#N)ccc1-c1c(F)c(F)c(F)c(F)c1F. The molecule has 0 radical (unpaired) electrons. The normalized spacial score (nSPS) is 10.4. The summed E-state index contributed by atoms with van der Waals surface area (Å²) in [5, 5.41) is 8.57. The molecule has 0 bridgehead atoms. The molecule has 0 N–H and O–H groups in total. The number of aromatic nitrogens is 1. The van der Waals surface area contributed by atoms with Gasteiger partial charge in [0, 0.05) is 0 Å². The molecule has 1 heterocycles. The highest BCUT2D eigenvalue weighted by atomic mass is 19.2. The van der Waals surface area contributed by atoms with Gasteiger partial charge in [0.15, 0.2) is 23.3 Å². The first-order chi connectivity index (χ1) is 10.4. The van der Waals surface area contributed by atoms with E-state index < -0.39 is 40.2 Å². The summed E-state index contributed by atoms with van der Waals surface area (Å²) in [7, 11) is 1.12. The average molecular weight is 314 g/mol. The monoisotopic (exact) mass is 314 g/mol. The third kappa shape index (κ3) is 2.45. The number of benzene rings is 1. The minimum atomic E-state index is -2.24. The second-order valence-electron chi connectivity index (χ2n) is 4.14. The quantitative estimate of drug-likeness (QED) is 0.495. The molecular weight excluding hydrogens is 307 g/mol. The van der Waals surface area contributed by atoms with Crippen LogP contribution in [-0.2, 0) is 6.42 Å². The van der Waals surface area contributed by atoms with E-state index in [-0.39, 0.29) is 18.0 Å². The van der Waals surface area contributed by atoms with Gasteiger partial charge in [0.1, 0.15) is 0 Å². The Morgan fingerprint density at radius 2 is 1.55 bits per heavy atom. The summed E-state index contributed by atoms with van der Waals surface area (Å²) in [4.78, 5) is 3.80. The van der Waals surface area contributed by atoms with Crippen LogP contribution in [0.4, 0.5) is 22.0 Å². The molecule has 8 heteroatoms. The number of rotatable bonds is 3. The molecule has 0 aliphatic heterocycles. The van der Waals surface area contributed by atoms with Gasteiger partial charge < -0.3 is 4.74 Å². The van der Waals surface area contributed by atoms with Crippen LogP contribution in [0.2, 0.25) is 0 Å². The van der Waals surface area contributed by atoms with Crippen molar-refractivity contribution in [3.05, 3.63) is 46.9 Å². The lowest BCUT2D eigenvalue weighted by atomic mass is 10.0. The number of hydrogen-bond donors (Lipinski definition) is 0. The standard InChI is InChI=1S/C14H7F5N2O/c1-22-14-7(3-2-6(21-14)4-5-20)8-9(15)11(17)13(19)12(18)10(8)16/h2-3H,4H2,1H3. The highest BCUT2D eigenvalue weighted by Gasteiger charge is 2.28. The number of halogens is 5. The van der Waals surface area contributed by atoms with Gasteiger partial charge in [0.2, 0.25) is 11.7 Å². The van der Waals surface area contributed by atoms with Crippen molar-refractivity contribution in [1.29, 1.82) is 5.26 Å². The molecule has 114 valence electrons. The van der Waals surface area contributed by atoms with E-state index in [2.05, 4.69) is 4.98 Å². The summed E-state index contributed by atoms with van der Waals surface area (Å²) in [6, 6.07) is 4.12. The predicted octanol–water partition coefficient (Wildman–Crippen LogP) is 3.52. The number of hydrogen-bond acceptors (Lipinski definition) is 3. The van der Waals surface area contributed by atoms with Crippen molar-refractivity contribution in [2.75, 3.05) is 7.11 Å². The van der Waals surface area contributed by atoms with Gasteiger partial charge in [-0.3, -0.25) is 0 Å². The van der Waals surface area contributed by atoms with E-state index in [1.807, 2.05) is 6.07 Å². The van der Waals surface area contributed by atoms with E-state index in [1.165, 1.54) is 6.07 Å². The molecule has 0 saturated heterocycles. The zero-order valence-electron chi connectivity index (χ0n) is 11.1. The van der Waals surface area contributed by atoms with Crippen LogP contribution in [0.1, 0.15) is 5.69 Å². The van der Waals surface area contributed by atoms with Crippen LogP contribution in [-0.4, -0.2) is 12.1 Å². The Balaban J connectivity index is 2.75. The zero-order chi connectivity index (χ0) is 16.4. The van der Waals surface area contributed by atoms with Gasteiger partial charge in [-0.15, -0.1) is 0 Å². The van der Waals surface area contributed by atoms with Gasteiger partial charge in [-0.05, 0) is 12.1 Å². The molecule has 0 aliphatic rings. The molecule has 0 spiro atoms. The highest BCUT2D eigenvalue weighted by Crippen LogP contribution is 2.36. The maximum absolute atomic E-state index is 13.8. The maximum Gasteiger partial charge on any atom is 0.221 e. The number of nitrogens with zero attached hydrogens (tertiary/aromatic N) is 2. The summed E-state index contributed by atoms with van der Waals surface area (Å²) >= 11 is 0. The Morgan fingerprint density at radius 1 is 1.00 bits per heavy atom. The van der Waals surface area contributed by atoms with Gasteiger partial charge in [-0.25, -0.2) is 26.9 Å². The minimum absolute atomic E-state index is 0.103. The van der Waals surface area contributed by atoms with Crippen molar-refractivity contribution < 1.29 is 26.7 Å². The first kappa shape index (κ1) is 15.7. The van der Waals surface area contributed by atoms with Crippen molar-refractivity contribution in [3.8, 4) is 23.1 Å². The fourth-order valence-electron chi connectivity index (χ4n) is 1.85. The van der Waals surface area contributed by atoms with Crippen LogP contribution in [0.5, 0.6) is 5.88 Å². The van der Waals surface area contributed by atoms with Gasteiger partial charge in [0.05, 0.1) is 36.4 Å². The van der Waals surface area contributed by atoms with Crippen LogP contribution in [0.25, 0.3) is 11.1 Å². The number of methoxy groups -OCH3 is 1. The summed E-state index contributed by atoms with van der Waals surface area (Å²) < 4.78 is 72.0. The smallest absolute Gasteiger partial charge is 0.221 e. The fourth-order valence-corrected chi connectivity index (χ4v) is 1.85. The van der Waals surface area contributed by atoms with Crippen LogP contribution in [0, 0.1) is 40.4 Å². The molecule has 0 atom stereocenters.